The van der Waals surface area contributed by atoms with Gasteiger partial charge >= 0.3 is 0 Å². The summed E-state index contributed by atoms with van der Waals surface area (Å²) in [5.74, 6) is 0.686. The predicted molar refractivity (Wildman–Crippen MR) is 102 cm³/mol. The van der Waals surface area contributed by atoms with Gasteiger partial charge in [0.15, 0.2) is 5.69 Å². The lowest BCUT2D eigenvalue weighted by atomic mass is 9.94. The van der Waals surface area contributed by atoms with Crippen LogP contribution >= 0.6 is 0 Å². The van der Waals surface area contributed by atoms with Crippen molar-refractivity contribution in [3.05, 3.63) is 76.2 Å². The molecular formula is C20H21N5O3. The van der Waals surface area contributed by atoms with Gasteiger partial charge in [-0.25, -0.2) is 4.98 Å². The summed E-state index contributed by atoms with van der Waals surface area (Å²) in [6.45, 7) is 1.50. The first-order valence-electron chi connectivity index (χ1n) is 9.25. The Balaban J connectivity index is 1.40. The number of hydrogen-bond donors (Lipinski definition) is 2. The third-order valence-corrected chi connectivity index (χ3v) is 4.81. The van der Waals surface area contributed by atoms with Crippen LogP contribution in [0.5, 0.6) is 5.75 Å². The van der Waals surface area contributed by atoms with Crippen LogP contribution in [0.15, 0.2) is 53.6 Å². The van der Waals surface area contributed by atoms with Crippen molar-refractivity contribution in [2.24, 2.45) is 0 Å². The Kier molecular flexibility index (Phi) is 5.18. The lowest BCUT2D eigenvalue weighted by Crippen LogP contribution is -2.39. The van der Waals surface area contributed by atoms with Crippen LogP contribution in [0.25, 0.3) is 0 Å². The van der Waals surface area contributed by atoms with E-state index in [1.54, 1.807) is 11.0 Å². The highest BCUT2D eigenvalue weighted by atomic mass is 16.5. The Morgan fingerprint density at radius 2 is 2.11 bits per heavy atom. The van der Waals surface area contributed by atoms with Gasteiger partial charge in [-0.15, -0.1) is 0 Å². The van der Waals surface area contributed by atoms with Gasteiger partial charge < -0.3 is 14.6 Å². The number of aromatic nitrogens is 4. The zero-order valence-corrected chi connectivity index (χ0v) is 15.3. The molecule has 1 unspecified atom stereocenters. The normalized spacial score (nSPS) is 16.7. The molecule has 0 bridgehead atoms. The fourth-order valence-electron chi connectivity index (χ4n) is 3.39. The molecule has 1 fully saturated rings. The molecule has 1 aromatic carbocycles. The van der Waals surface area contributed by atoms with E-state index in [0.717, 1.165) is 30.0 Å². The number of ether oxygens (including phenoxy) is 1. The first-order chi connectivity index (χ1) is 13.7. The molecule has 0 saturated carbocycles. The Labute approximate surface area is 161 Å². The smallest absolute Gasteiger partial charge is 0.274 e. The molecule has 0 aliphatic carbocycles. The number of nitrogens with one attached hydrogen (secondary N) is 2. The number of para-hydroxylation sites is 1. The second-order valence-corrected chi connectivity index (χ2v) is 6.81. The third-order valence-electron chi connectivity index (χ3n) is 4.81. The minimum atomic E-state index is -0.177. The molecule has 1 saturated heterocycles. The van der Waals surface area contributed by atoms with E-state index < -0.39 is 0 Å². The molecular weight excluding hydrogens is 358 g/mol. The molecule has 4 rings (SSSR count). The number of nitrogens with zero attached hydrogens (tertiary/aromatic N) is 3. The summed E-state index contributed by atoms with van der Waals surface area (Å²) < 4.78 is 5.68. The predicted octanol–water partition coefficient (Wildman–Crippen LogP) is 2.09. The van der Waals surface area contributed by atoms with Crippen LogP contribution in [0.1, 0.15) is 40.6 Å². The highest BCUT2D eigenvalue weighted by Gasteiger charge is 2.27. The second-order valence-electron chi connectivity index (χ2n) is 6.81. The number of carbonyl (C=O) groups is 1. The molecule has 0 radical (unpaired) electrons. The van der Waals surface area contributed by atoms with E-state index in [1.165, 1.54) is 12.4 Å². The van der Waals surface area contributed by atoms with Crippen LogP contribution < -0.4 is 10.3 Å². The maximum atomic E-state index is 12.8. The van der Waals surface area contributed by atoms with Crippen LogP contribution in [-0.2, 0) is 6.61 Å². The Bertz CT molecular complexity index is 998. The highest BCUT2D eigenvalue weighted by molar-refractivity contribution is 5.92. The van der Waals surface area contributed by atoms with Crippen molar-refractivity contribution >= 4 is 5.91 Å². The van der Waals surface area contributed by atoms with Crippen molar-refractivity contribution in [2.45, 2.75) is 25.4 Å². The van der Waals surface area contributed by atoms with E-state index in [2.05, 4.69) is 20.2 Å². The number of hydrogen-bond acceptors (Lipinski definition) is 5. The van der Waals surface area contributed by atoms with Gasteiger partial charge in [0.1, 0.15) is 12.4 Å². The Morgan fingerprint density at radius 3 is 2.93 bits per heavy atom. The number of piperidine rings is 1. The first-order valence-corrected chi connectivity index (χ1v) is 9.25. The molecule has 1 aliphatic heterocycles. The molecule has 3 aromatic rings. The van der Waals surface area contributed by atoms with Gasteiger partial charge in [-0.1, -0.05) is 18.2 Å². The summed E-state index contributed by atoms with van der Waals surface area (Å²) in [5.41, 5.74) is 1.65. The fraction of sp³-hybridized carbons (Fsp3) is 0.300. The topological polar surface area (TPSA) is 104 Å². The summed E-state index contributed by atoms with van der Waals surface area (Å²) in [6.07, 6.45) is 3.17. The average molecular weight is 379 g/mol. The van der Waals surface area contributed by atoms with Crippen LogP contribution in [0.2, 0.25) is 0 Å². The molecule has 144 valence electrons. The molecule has 1 aliphatic rings. The summed E-state index contributed by atoms with van der Waals surface area (Å²) in [7, 11) is 0. The quantitative estimate of drug-likeness (QED) is 0.706. The lowest BCUT2D eigenvalue weighted by Gasteiger charge is -2.31. The number of aromatic amines is 2. The summed E-state index contributed by atoms with van der Waals surface area (Å²) in [5, 5.41) is 7.01. The maximum absolute atomic E-state index is 12.8. The van der Waals surface area contributed by atoms with Gasteiger partial charge in [0, 0.05) is 25.1 Å². The number of amides is 1. The van der Waals surface area contributed by atoms with Gasteiger partial charge in [-0.3, -0.25) is 14.7 Å². The van der Waals surface area contributed by atoms with Crippen LogP contribution in [0.3, 0.4) is 0 Å². The van der Waals surface area contributed by atoms with Gasteiger partial charge in [0.2, 0.25) is 0 Å². The first kappa shape index (κ1) is 18.0. The van der Waals surface area contributed by atoms with Crippen molar-refractivity contribution in [1.29, 1.82) is 0 Å². The molecule has 2 aromatic heterocycles. The maximum Gasteiger partial charge on any atom is 0.274 e. The van der Waals surface area contributed by atoms with Crippen LogP contribution in [0.4, 0.5) is 0 Å². The minimum Gasteiger partial charge on any atom is -0.487 e. The number of rotatable bonds is 5. The molecule has 28 heavy (non-hydrogen) atoms. The summed E-state index contributed by atoms with van der Waals surface area (Å²) in [6, 6.07) is 12.7. The number of likely N-dealkylation sites (tertiary alicyclic amines) is 1. The van der Waals surface area contributed by atoms with Crippen molar-refractivity contribution in [1.82, 2.24) is 25.1 Å². The Morgan fingerprint density at radius 1 is 1.25 bits per heavy atom. The van der Waals surface area contributed by atoms with Crippen LogP contribution in [-0.4, -0.2) is 44.1 Å². The Hall–Kier alpha value is -3.42. The van der Waals surface area contributed by atoms with E-state index in [4.69, 9.17) is 4.74 Å². The van der Waals surface area contributed by atoms with Gasteiger partial charge in [-0.05, 0) is 31.0 Å². The molecule has 1 atom stereocenters. The van der Waals surface area contributed by atoms with E-state index in [9.17, 15) is 9.59 Å². The summed E-state index contributed by atoms with van der Waals surface area (Å²) >= 11 is 0. The molecule has 2 N–H and O–H groups in total. The number of carbonyl (C=O) groups excluding carboxylic acids is 1. The van der Waals surface area contributed by atoms with Crippen molar-refractivity contribution < 1.29 is 9.53 Å². The van der Waals surface area contributed by atoms with E-state index in [-0.39, 0.29) is 17.4 Å². The second kappa shape index (κ2) is 8.08. The molecule has 1 amide bonds. The van der Waals surface area contributed by atoms with Crippen LogP contribution in [0, 0.1) is 0 Å². The third kappa shape index (κ3) is 4.11. The minimum absolute atomic E-state index is 0.0554. The number of H-pyrrole nitrogens is 2. The average Bonchev–Trinajstić information content (AvgIpc) is 3.22. The van der Waals surface area contributed by atoms with Crippen molar-refractivity contribution in [2.75, 3.05) is 13.1 Å². The fourth-order valence-corrected chi connectivity index (χ4v) is 3.39. The lowest BCUT2D eigenvalue weighted by molar-refractivity contribution is 0.0700. The monoisotopic (exact) mass is 379 g/mol. The van der Waals surface area contributed by atoms with Crippen molar-refractivity contribution in [3.8, 4) is 5.75 Å². The van der Waals surface area contributed by atoms with Gasteiger partial charge in [-0.2, -0.15) is 5.10 Å². The molecule has 8 nitrogen and oxygen atoms in total. The standard InChI is InChI=1S/C20H21N5O3/c26-19-10-17(21-13-22-19)14-5-4-8-25(11-14)20(27)18-9-15(23-24-18)12-28-16-6-2-1-3-7-16/h1-3,6-7,9-10,13-14H,4-5,8,11-12H2,(H,23,24)(H,21,22,26). The van der Waals surface area contributed by atoms with Crippen molar-refractivity contribution in [3.63, 3.8) is 0 Å². The highest BCUT2D eigenvalue weighted by Crippen LogP contribution is 2.25. The van der Waals surface area contributed by atoms with E-state index in [0.29, 0.717) is 25.4 Å². The van der Waals surface area contributed by atoms with E-state index in [1.807, 2.05) is 30.3 Å². The zero-order chi connectivity index (χ0) is 19.3. The van der Waals surface area contributed by atoms with E-state index >= 15 is 0 Å². The largest absolute Gasteiger partial charge is 0.487 e. The molecule has 8 heteroatoms. The SMILES string of the molecule is O=C(c1cc(COc2ccccc2)[nH]n1)N1CCCC(c2cc(=O)[nH]cn2)C1. The van der Waals surface area contributed by atoms with Gasteiger partial charge in [0.05, 0.1) is 17.7 Å². The molecule has 0 spiro atoms. The number of benzene rings is 1. The molecule has 3 heterocycles. The van der Waals surface area contributed by atoms with Gasteiger partial charge in [0.25, 0.3) is 11.5 Å². The zero-order valence-electron chi connectivity index (χ0n) is 15.3. The summed E-state index contributed by atoms with van der Waals surface area (Å²) in [4.78, 5) is 32.9.